The van der Waals surface area contributed by atoms with Gasteiger partial charge in [-0.25, -0.2) is 0 Å². The third-order valence-corrected chi connectivity index (χ3v) is 9.10. The van der Waals surface area contributed by atoms with Gasteiger partial charge in [0.05, 0.1) is 18.1 Å². The van der Waals surface area contributed by atoms with Crippen molar-refractivity contribution in [2.24, 2.45) is 11.8 Å². The van der Waals surface area contributed by atoms with Crippen LogP contribution in [0, 0.1) is 25.7 Å². The fraction of sp³-hybridized carbons (Fsp3) is 0.606. The highest BCUT2D eigenvalue weighted by Gasteiger charge is 2.78. The van der Waals surface area contributed by atoms with Crippen LogP contribution in [0.2, 0.25) is 0 Å². The molecule has 3 aliphatic heterocycles. The molecule has 3 heterocycles. The number of likely N-dealkylation sites (tertiary alicyclic amines) is 1. The lowest BCUT2D eigenvalue weighted by Crippen LogP contribution is -2.56. The lowest BCUT2D eigenvalue weighted by atomic mass is 9.66. The zero-order chi connectivity index (χ0) is 29.8. The lowest BCUT2D eigenvalue weighted by molar-refractivity contribution is -0.159. The van der Waals surface area contributed by atoms with Crippen LogP contribution in [-0.2, 0) is 23.9 Å². The Labute approximate surface area is 244 Å². The monoisotopic (exact) mass is 566 g/mol. The zero-order valence-corrected chi connectivity index (χ0v) is 24.9. The molecule has 0 saturated carbocycles. The van der Waals surface area contributed by atoms with E-state index in [-0.39, 0.29) is 31.6 Å². The Morgan fingerprint density at radius 2 is 1.90 bits per heavy atom. The molecule has 0 aromatic heterocycles. The van der Waals surface area contributed by atoms with Crippen molar-refractivity contribution >= 4 is 23.5 Å². The molecule has 224 valence electrons. The molecule has 2 amide bonds. The van der Waals surface area contributed by atoms with Crippen molar-refractivity contribution in [3.63, 3.8) is 0 Å². The molecular formula is C33H46N2O6. The fourth-order valence-electron chi connectivity index (χ4n) is 7.13. The molecule has 1 aromatic carbocycles. The van der Waals surface area contributed by atoms with Gasteiger partial charge in [-0.15, -0.1) is 13.2 Å². The second kappa shape index (κ2) is 12.9. The van der Waals surface area contributed by atoms with E-state index in [0.29, 0.717) is 38.6 Å². The molecule has 4 rings (SSSR count). The quantitative estimate of drug-likeness (QED) is 0.189. The Balaban J connectivity index is 1.71. The number of anilines is 1. The normalized spacial score (nSPS) is 28.0. The Hall–Kier alpha value is -2.97. The number of nitrogens with zero attached hydrogens (tertiary/aromatic N) is 2. The van der Waals surface area contributed by atoms with Gasteiger partial charge in [0.1, 0.15) is 17.6 Å². The van der Waals surface area contributed by atoms with E-state index in [4.69, 9.17) is 9.47 Å². The van der Waals surface area contributed by atoms with Gasteiger partial charge >= 0.3 is 5.97 Å². The predicted octanol–water partition coefficient (Wildman–Crippen LogP) is 4.65. The Kier molecular flexibility index (Phi) is 9.75. The van der Waals surface area contributed by atoms with Gasteiger partial charge in [-0.05, 0) is 76.5 Å². The second-order valence-electron chi connectivity index (χ2n) is 12.0. The van der Waals surface area contributed by atoms with Gasteiger partial charge in [-0.3, -0.25) is 14.4 Å². The van der Waals surface area contributed by atoms with E-state index in [2.05, 4.69) is 13.2 Å². The van der Waals surface area contributed by atoms with Crippen molar-refractivity contribution in [1.29, 1.82) is 0 Å². The van der Waals surface area contributed by atoms with E-state index in [1.165, 1.54) is 0 Å². The third kappa shape index (κ3) is 5.73. The summed E-state index contributed by atoms with van der Waals surface area (Å²) in [6, 6.07) is 5.12. The first-order valence-electron chi connectivity index (χ1n) is 15.0. The van der Waals surface area contributed by atoms with Gasteiger partial charge in [0, 0.05) is 25.4 Å². The van der Waals surface area contributed by atoms with Gasteiger partial charge in [0.2, 0.25) is 5.91 Å². The zero-order valence-electron chi connectivity index (χ0n) is 24.9. The van der Waals surface area contributed by atoms with Gasteiger partial charge < -0.3 is 24.4 Å². The average molecular weight is 567 g/mol. The second-order valence-corrected chi connectivity index (χ2v) is 12.0. The van der Waals surface area contributed by atoms with E-state index >= 15 is 0 Å². The number of allylic oxidation sites excluding steroid dienone is 1. The summed E-state index contributed by atoms with van der Waals surface area (Å²) < 4.78 is 12.4. The molecule has 2 unspecified atom stereocenters. The van der Waals surface area contributed by atoms with Crippen molar-refractivity contribution in [3.8, 4) is 0 Å². The maximum atomic E-state index is 14.7. The first-order valence-corrected chi connectivity index (χ1v) is 15.0. The fourth-order valence-corrected chi connectivity index (χ4v) is 7.13. The summed E-state index contributed by atoms with van der Waals surface area (Å²) >= 11 is 0. The van der Waals surface area contributed by atoms with Crippen molar-refractivity contribution in [2.45, 2.75) is 89.4 Å². The molecule has 2 bridgehead atoms. The van der Waals surface area contributed by atoms with Gasteiger partial charge in [0.25, 0.3) is 5.91 Å². The third-order valence-electron chi connectivity index (χ3n) is 9.10. The highest BCUT2D eigenvalue weighted by Crippen LogP contribution is 2.63. The molecule has 8 heteroatoms. The molecule has 41 heavy (non-hydrogen) atoms. The molecule has 1 N–H and O–H groups in total. The number of esters is 1. The molecule has 3 saturated heterocycles. The van der Waals surface area contributed by atoms with Crippen molar-refractivity contribution < 1.29 is 29.0 Å². The van der Waals surface area contributed by atoms with Crippen LogP contribution >= 0.6 is 0 Å². The number of aliphatic hydroxyl groups excluding tert-OH is 1. The van der Waals surface area contributed by atoms with Crippen LogP contribution in [0.5, 0.6) is 0 Å². The van der Waals surface area contributed by atoms with E-state index in [0.717, 1.165) is 36.1 Å². The molecule has 1 spiro atoms. The average Bonchev–Trinajstić information content (AvgIpc) is 3.51. The van der Waals surface area contributed by atoms with Crippen LogP contribution in [-0.4, -0.2) is 71.3 Å². The number of amides is 2. The molecule has 8 nitrogen and oxygen atoms in total. The molecule has 0 radical (unpaired) electrons. The number of fused-ring (bicyclic) bond motifs is 1. The van der Waals surface area contributed by atoms with Crippen LogP contribution in [0.15, 0.2) is 43.5 Å². The summed E-state index contributed by atoms with van der Waals surface area (Å²) in [4.78, 5) is 45.9. The summed E-state index contributed by atoms with van der Waals surface area (Å²) in [5, 5.41) is 9.18. The number of hydrogen-bond acceptors (Lipinski definition) is 6. The number of ether oxygens (including phenoxy) is 2. The molecule has 3 aliphatic rings. The number of unbranched alkanes of at least 4 members (excludes halogenated alkanes) is 4. The summed E-state index contributed by atoms with van der Waals surface area (Å²) in [6.07, 6.45) is 9.02. The molecule has 1 aromatic rings. The van der Waals surface area contributed by atoms with Crippen LogP contribution in [0.4, 0.5) is 5.69 Å². The number of carbonyl (C=O) groups excluding carboxylic acids is 3. The number of hydrogen-bond donors (Lipinski definition) is 1. The smallest absolute Gasteiger partial charge is 0.312 e. The molecular weight excluding hydrogens is 520 g/mol. The molecule has 5 atom stereocenters. The van der Waals surface area contributed by atoms with Crippen LogP contribution in [0.3, 0.4) is 0 Å². The summed E-state index contributed by atoms with van der Waals surface area (Å²) in [6.45, 7) is 14.5. The van der Waals surface area contributed by atoms with Gasteiger partial charge in [-0.1, -0.05) is 37.1 Å². The minimum Gasteiger partial charge on any atom is -0.465 e. The predicted molar refractivity (Wildman–Crippen MR) is 158 cm³/mol. The lowest BCUT2D eigenvalue weighted by Gasteiger charge is -2.37. The molecule has 0 aliphatic carbocycles. The SMILES string of the molecule is C=CCCCOC(=O)[C@@H]1[C@H]2C(=O)N(CCCCCCO)C(C(=O)N(CC=C)c3cc(C)ccc3C)C23CC[C@@]1(C)O3. The number of benzene rings is 1. The van der Waals surface area contributed by atoms with Crippen molar-refractivity contribution in [1.82, 2.24) is 4.90 Å². The van der Waals surface area contributed by atoms with Gasteiger partial charge in [-0.2, -0.15) is 0 Å². The number of aliphatic hydroxyl groups is 1. The van der Waals surface area contributed by atoms with Crippen molar-refractivity contribution in [2.75, 3.05) is 31.2 Å². The Morgan fingerprint density at radius 3 is 2.61 bits per heavy atom. The maximum Gasteiger partial charge on any atom is 0.312 e. The van der Waals surface area contributed by atoms with Crippen molar-refractivity contribution in [3.05, 3.63) is 54.6 Å². The van der Waals surface area contributed by atoms with Gasteiger partial charge in [0.15, 0.2) is 0 Å². The Morgan fingerprint density at radius 1 is 1.15 bits per heavy atom. The topological polar surface area (TPSA) is 96.4 Å². The van der Waals surface area contributed by atoms with Crippen LogP contribution in [0.1, 0.15) is 69.4 Å². The standard InChI is InChI=1S/C33H46N2O6/c1-6-8-13-21-40-31(39)27-26-29(37)35(19-11-9-10-12-20-36)28(33(26)17-16-32(27,5)41-33)30(38)34(18-7-2)25-22-23(3)14-15-24(25)4/h6-7,14-15,22,26-28,36H,1-2,8-13,16-21H2,3-5H3/t26-,27-,28?,32+,33?/m0/s1. The first kappa shape index (κ1) is 31.0. The minimum absolute atomic E-state index is 0.129. The van der Waals surface area contributed by atoms with Crippen LogP contribution in [0.25, 0.3) is 0 Å². The van der Waals surface area contributed by atoms with Crippen LogP contribution < -0.4 is 4.90 Å². The highest BCUT2D eigenvalue weighted by molar-refractivity contribution is 6.05. The summed E-state index contributed by atoms with van der Waals surface area (Å²) in [5.74, 6) is -2.39. The maximum absolute atomic E-state index is 14.7. The van der Waals surface area contributed by atoms with E-state index < -0.39 is 35.0 Å². The molecule has 3 fully saturated rings. The number of carbonyl (C=O) groups is 3. The summed E-state index contributed by atoms with van der Waals surface area (Å²) in [7, 11) is 0. The van der Waals surface area contributed by atoms with E-state index in [1.807, 2.05) is 39.0 Å². The number of rotatable bonds is 15. The van der Waals surface area contributed by atoms with E-state index in [9.17, 15) is 19.5 Å². The summed E-state index contributed by atoms with van der Waals surface area (Å²) in [5.41, 5.74) is 0.781. The highest BCUT2D eigenvalue weighted by atomic mass is 16.6. The Bertz CT molecular complexity index is 1170. The van der Waals surface area contributed by atoms with E-state index in [1.54, 1.807) is 22.0 Å². The largest absolute Gasteiger partial charge is 0.465 e. The first-order chi connectivity index (χ1) is 19.6. The minimum atomic E-state index is -1.10. The number of aryl methyl sites for hydroxylation is 2.